The normalized spacial score (nSPS) is 14.3. The van der Waals surface area contributed by atoms with E-state index in [2.05, 4.69) is 23.8 Å². The number of rotatable bonds is 9. The molecule has 5 heteroatoms. The molecule has 0 N–H and O–H groups in total. The number of hydrogen-bond donors (Lipinski definition) is 0. The third kappa shape index (κ3) is 5.34. The number of thiophene rings is 1. The lowest BCUT2D eigenvalue weighted by Gasteiger charge is -2.11. The highest BCUT2D eigenvalue weighted by atomic mass is 32.1. The van der Waals surface area contributed by atoms with Gasteiger partial charge in [0.2, 0.25) is 0 Å². The first kappa shape index (κ1) is 21.6. The van der Waals surface area contributed by atoms with Gasteiger partial charge in [-0.3, -0.25) is 4.79 Å². The minimum Gasteiger partial charge on any atom is -0.489 e. The van der Waals surface area contributed by atoms with Crippen LogP contribution in [-0.2, 0) is 28.0 Å². The lowest BCUT2D eigenvalue weighted by molar-refractivity contribution is -0.140. The van der Waals surface area contributed by atoms with Crippen LogP contribution in [-0.4, -0.2) is 13.1 Å². The summed E-state index contributed by atoms with van der Waals surface area (Å²) in [4.78, 5) is 13.8. The number of aryl methyl sites for hydroxylation is 1. The van der Waals surface area contributed by atoms with E-state index in [-0.39, 0.29) is 11.8 Å². The zero-order valence-corrected chi connectivity index (χ0v) is 18.8. The molecule has 3 nitrogen and oxygen atoms in total. The lowest BCUT2D eigenvalue weighted by atomic mass is 10.1. The zero-order chi connectivity index (χ0) is 21.8. The fourth-order valence-corrected chi connectivity index (χ4v) is 4.88. The van der Waals surface area contributed by atoms with E-state index in [0.717, 1.165) is 40.2 Å². The standard InChI is InChI=1S/C26H27FO3S/c1-26(14-15-26)24-13-12-23(31-24)22-11-8-20(27)16-19(22)17-30-21-9-6-18(7-10-21)4-3-5-25(28)29-2/h6-13,16H,3-5,14-15,17H2,1-2H3. The summed E-state index contributed by atoms with van der Waals surface area (Å²) in [5.41, 5.74) is 3.35. The molecule has 0 aliphatic heterocycles. The van der Waals surface area contributed by atoms with Gasteiger partial charge in [0.15, 0.2) is 0 Å². The van der Waals surface area contributed by atoms with Crippen molar-refractivity contribution >= 4 is 17.3 Å². The van der Waals surface area contributed by atoms with Gasteiger partial charge in [-0.2, -0.15) is 0 Å². The highest BCUT2D eigenvalue weighted by molar-refractivity contribution is 7.15. The molecular formula is C26H27FO3S. The number of carbonyl (C=O) groups is 1. The summed E-state index contributed by atoms with van der Waals surface area (Å²) in [5.74, 6) is 0.300. The van der Waals surface area contributed by atoms with Gasteiger partial charge in [0.1, 0.15) is 18.2 Å². The number of ether oxygens (including phenoxy) is 2. The Morgan fingerprint density at radius 1 is 1.10 bits per heavy atom. The maximum atomic E-state index is 14.0. The molecule has 0 radical (unpaired) electrons. The Morgan fingerprint density at radius 2 is 1.87 bits per heavy atom. The molecule has 1 saturated carbocycles. The summed E-state index contributed by atoms with van der Waals surface area (Å²) in [6.45, 7) is 2.61. The molecule has 4 rings (SSSR count). The van der Waals surface area contributed by atoms with E-state index < -0.39 is 0 Å². The van der Waals surface area contributed by atoms with Gasteiger partial charge in [-0.05, 0) is 73.2 Å². The molecule has 1 aromatic heterocycles. The molecule has 1 aliphatic carbocycles. The largest absolute Gasteiger partial charge is 0.489 e. The molecule has 0 saturated heterocycles. The minimum atomic E-state index is -0.255. The van der Waals surface area contributed by atoms with Crippen molar-refractivity contribution in [1.82, 2.24) is 0 Å². The maximum absolute atomic E-state index is 14.0. The predicted octanol–water partition coefficient (Wildman–Crippen LogP) is 6.68. The molecule has 0 atom stereocenters. The first-order chi connectivity index (χ1) is 15.0. The van der Waals surface area contributed by atoms with Gasteiger partial charge in [-0.15, -0.1) is 11.3 Å². The molecule has 1 fully saturated rings. The van der Waals surface area contributed by atoms with Gasteiger partial charge in [0, 0.05) is 27.2 Å². The van der Waals surface area contributed by atoms with Crippen molar-refractivity contribution in [1.29, 1.82) is 0 Å². The molecular weight excluding hydrogens is 411 g/mol. The van der Waals surface area contributed by atoms with Crippen LogP contribution >= 0.6 is 11.3 Å². The Morgan fingerprint density at radius 3 is 2.58 bits per heavy atom. The van der Waals surface area contributed by atoms with Crippen molar-refractivity contribution in [2.24, 2.45) is 0 Å². The molecule has 162 valence electrons. The number of methoxy groups -OCH3 is 1. The van der Waals surface area contributed by atoms with Crippen LogP contribution in [0.4, 0.5) is 4.39 Å². The molecule has 0 bridgehead atoms. The van der Waals surface area contributed by atoms with Crippen LogP contribution in [0.15, 0.2) is 54.6 Å². The number of esters is 1. The molecule has 31 heavy (non-hydrogen) atoms. The summed E-state index contributed by atoms with van der Waals surface area (Å²) in [5, 5.41) is 0. The van der Waals surface area contributed by atoms with Gasteiger partial charge in [0.25, 0.3) is 0 Å². The Labute approximate surface area is 186 Å². The second-order valence-electron chi connectivity index (χ2n) is 8.39. The summed E-state index contributed by atoms with van der Waals surface area (Å²) in [6.07, 6.45) is 4.46. The summed E-state index contributed by atoms with van der Waals surface area (Å²) in [7, 11) is 1.41. The monoisotopic (exact) mass is 438 g/mol. The van der Waals surface area contributed by atoms with Gasteiger partial charge < -0.3 is 9.47 Å². The average Bonchev–Trinajstić information content (AvgIpc) is 3.33. The van der Waals surface area contributed by atoms with Crippen LogP contribution < -0.4 is 4.74 Å². The van der Waals surface area contributed by atoms with E-state index in [1.165, 1.54) is 30.9 Å². The van der Waals surface area contributed by atoms with E-state index in [1.807, 2.05) is 30.3 Å². The average molecular weight is 439 g/mol. The van der Waals surface area contributed by atoms with Crippen molar-refractivity contribution in [3.8, 4) is 16.2 Å². The predicted molar refractivity (Wildman–Crippen MR) is 122 cm³/mol. The fraction of sp³-hybridized carbons (Fsp3) is 0.346. The zero-order valence-electron chi connectivity index (χ0n) is 17.9. The van der Waals surface area contributed by atoms with E-state index in [1.54, 1.807) is 17.4 Å². The number of halogens is 1. The van der Waals surface area contributed by atoms with Crippen molar-refractivity contribution < 1.29 is 18.7 Å². The second kappa shape index (κ2) is 9.23. The highest BCUT2D eigenvalue weighted by Gasteiger charge is 2.40. The summed E-state index contributed by atoms with van der Waals surface area (Å²) in [6, 6.07) is 17.1. The second-order valence-corrected chi connectivity index (χ2v) is 9.47. The molecule has 3 aromatic rings. The quantitative estimate of drug-likeness (QED) is 0.350. The molecule has 1 heterocycles. The van der Waals surface area contributed by atoms with Crippen molar-refractivity contribution in [2.45, 2.75) is 51.0 Å². The van der Waals surface area contributed by atoms with E-state index >= 15 is 0 Å². The van der Waals surface area contributed by atoms with Crippen LogP contribution in [0.2, 0.25) is 0 Å². The first-order valence-electron chi connectivity index (χ1n) is 10.6. The molecule has 1 aliphatic rings. The fourth-order valence-electron chi connectivity index (χ4n) is 3.62. The Bertz CT molecular complexity index is 1050. The van der Waals surface area contributed by atoms with E-state index in [4.69, 9.17) is 4.74 Å². The van der Waals surface area contributed by atoms with Gasteiger partial charge in [-0.25, -0.2) is 4.39 Å². The number of carbonyl (C=O) groups excluding carboxylic acids is 1. The molecule has 2 aromatic carbocycles. The van der Waals surface area contributed by atoms with Crippen molar-refractivity contribution in [2.75, 3.05) is 7.11 Å². The molecule has 0 spiro atoms. The van der Waals surface area contributed by atoms with Crippen molar-refractivity contribution in [3.05, 3.63) is 76.4 Å². The maximum Gasteiger partial charge on any atom is 0.305 e. The third-order valence-electron chi connectivity index (χ3n) is 5.93. The Balaban J connectivity index is 1.41. The summed E-state index contributed by atoms with van der Waals surface area (Å²) >= 11 is 1.80. The van der Waals surface area contributed by atoms with Gasteiger partial charge in [0.05, 0.1) is 7.11 Å². The van der Waals surface area contributed by atoms with Crippen LogP contribution in [0.3, 0.4) is 0 Å². The van der Waals surface area contributed by atoms with Crippen LogP contribution in [0.1, 0.15) is 48.6 Å². The molecule has 0 unspecified atom stereocenters. The van der Waals surface area contributed by atoms with Gasteiger partial charge >= 0.3 is 5.97 Å². The van der Waals surface area contributed by atoms with Crippen LogP contribution in [0.5, 0.6) is 5.75 Å². The SMILES string of the molecule is COC(=O)CCCc1ccc(OCc2cc(F)ccc2-c2ccc(C3(C)CC3)s2)cc1. The Kier molecular flexibility index (Phi) is 6.42. The summed E-state index contributed by atoms with van der Waals surface area (Å²) < 4.78 is 24.6. The van der Waals surface area contributed by atoms with Gasteiger partial charge in [-0.1, -0.05) is 25.1 Å². The minimum absolute atomic E-state index is 0.185. The van der Waals surface area contributed by atoms with E-state index in [9.17, 15) is 9.18 Å². The molecule has 0 amide bonds. The van der Waals surface area contributed by atoms with Crippen molar-refractivity contribution in [3.63, 3.8) is 0 Å². The van der Waals surface area contributed by atoms with Crippen LogP contribution in [0.25, 0.3) is 10.4 Å². The topological polar surface area (TPSA) is 35.5 Å². The highest BCUT2D eigenvalue weighted by Crippen LogP contribution is 2.51. The van der Waals surface area contributed by atoms with E-state index in [0.29, 0.717) is 18.4 Å². The smallest absolute Gasteiger partial charge is 0.305 e. The number of hydrogen-bond acceptors (Lipinski definition) is 4. The lowest BCUT2D eigenvalue weighted by Crippen LogP contribution is -2.01. The van der Waals surface area contributed by atoms with Crippen LogP contribution in [0, 0.1) is 5.82 Å². The third-order valence-corrected chi connectivity index (χ3v) is 7.35. The number of benzene rings is 2. The first-order valence-corrected chi connectivity index (χ1v) is 11.5. The Hall–Kier alpha value is -2.66.